The molecule has 2 fully saturated rings. The highest BCUT2D eigenvalue weighted by atomic mass is 32.1. The number of rotatable bonds is 4. The Morgan fingerprint density at radius 3 is 2.74 bits per heavy atom. The van der Waals surface area contributed by atoms with Gasteiger partial charge in [-0.05, 0) is 49.1 Å². The number of fused-ring (bicyclic) bond motifs is 1. The summed E-state index contributed by atoms with van der Waals surface area (Å²) in [6.07, 6.45) is 3.52. The molecule has 7 heteroatoms. The Kier molecular flexibility index (Phi) is 5.73. The Bertz CT molecular complexity index is 1100. The van der Waals surface area contributed by atoms with Crippen LogP contribution in [-0.4, -0.2) is 41.6 Å². The zero-order valence-electron chi connectivity index (χ0n) is 17.3. The van der Waals surface area contributed by atoms with Crippen molar-refractivity contribution in [2.75, 3.05) is 19.8 Å². The van der Waals surface area contributed by atoms with Gasteiger partial charge in [-0.25, -0.2) is 9.37 Å². The van der Waals surface area contributed by atoms with Crippen molar-refractivity contribution in [3.05, 3.63) is 52.6 Å². The molecule has 3 heterocycles. The number of hydrogen-bond donors (Lipinski definition) is 1. The first-order valence-corrected chi connectivity index (χ1v) is 11.8. The molecular weight excluding hydrogens is 413 g/mol. The maximum absolute atomic E-state index is 14.2. The van der Waals surface area contributed by atoms with E-state index in [1.807, 2.05) is 28.5 Å². The molecule has 0 bridgehead atoms. The SMILES string of the molecule is N[C@H](C(=O)N1CCC[C@H]1c1nc(-c2ccc(F)c3ccccc23)cs1)C1CCOCC1. The van der Waals surface area contributed by atoms with Crippen molar-refractivity contribution in [1.82, 2.24) is 9.88 Å². The second-order valence-corrected chi connectivity index (χ2v) is 9.27. The van der Waals surface area contributed by atoms with Crippen molar-refractivity contribution in [2.45, 2.75) is 37.8 Å². The number of ether oxygens (including phenoxy) is 1. The molecule has 31 heavy (non-hydrogen) atoms. The molecule has 0 spiro atoms. The van der Waals surface area contributed by atoms with E-state index in [4.69, 9.17) is 15.5 Å². The van der Waals surface area contributed by atoms with Crippen molar-refractivity contribution < 1.29 is 13.9 Å². The van der Waals surface area contributed by atoms with Crippen LogP contribution in [0.3, 0.4) is 0 Å². The van der Waals surface area contributed by atoms with Gasteiger partial charge in [0.25, 0.3) is 0 Å². The van der Waals surface area contributed by atoms with Crippen LogP contribution in [-0.2, 0) is 9.53 Å². The normalized spacial score (nSPS) is 21.0. The van der Waals surface area contributed by atoms with Crippen LogP contribution in [0, 0.1) is 11.7 Å². The van der Waals surface area contributed by atoms with Gasteiger partial charge in [-0.15, -0.1) is 11.3 Å². The summed E-state index contributed by atoms with van der Waals surface area (Å²) < 4.78 is 19.6. The highest BCUT2D eigenvalue weighted by Crippen LogP contribution is 2.38. The van der Waals surface area contributed by atoms with E-state index in [0.717, 1.165) is 53.9 Å². The van der Waals surface area contributed by atoms with Crippen LogP contribution in [0.1, 0.15) is 36.7 Å². The molecule has 2 N–H and O–H groups in total. The molecule has 2 aromatic carbocycles. The van der Waals surface area contributed by atoms with E-state index in [9.17, 15) is 9.18 Å². The quantitative estimate of drug-likeness (QED) is 0.649. The molecule has 5 nitrogen and oxygen atoms in total. The van der Waals surface area contributed by atoms with Gasteiger partial charge in [-0.2, -0.15) is 0 Å². The number of nitrogens with zero attached hydrogens (tertiary/aromatic N) is 2. The molecule has 0 radical (unpaired) electrons. The monoisotopic (exact) mass is 439 g/mol. The average Bonchev–Trinajstić information content (AvgIpc) is 3.49. The van der Waals surface area contributed by atoms with E-state index in [0.29, 0.717) is 18.6 Å². The Labute approximate surface area is 185 Å². The number of amides is 1. The van der Waals surface area contributed by atoms with E-state index >= 15 is 0 Å². The minimum Gasteiger partial charge on any atom is -0.381 e. The lowest BCUT2D eigenvalue weighted by molar-refractivity contribution is -0.135. The summed E-state index contributed by atoms with van der Waals surface area (Å²) in [5.41, 5.74) is 8.12. The van der Waals surface area contributed by atoms with Crippen LogP contribution in [0.5, 0.6) is 0 Å². The molecule has 162 valence electrons. The maximum Gasteiger partial charge on any atom is 0.240 e. The number of carbonyl (C=O) groups excluding carboxylic acids is 1. The van der Waals surface area contributed by atoms with E-state index in [-0.39, 0.29) is 23.7 Å². The third-order valence-corrected chi connectivity index (χ3v) is 7.49. The summed E-state index contributed by atoms with van der Waals surface area (Å²) in [6.45, 7) is 2.07. The van der Waals surface area contributed by atoms with E-state index in [1.165, 1.54) is 6.07 Å². The van der Waals surface area contributed by atoms with Crippen LogP contribution >= 0.6 is 11.3 Å². The first-order chi connectivity index (χ1) is 15.1. The fourth-order valence-electron chi connectivity index (χ4n) is 4.81. The second-order valence-electron chi connectivity index (χ2n) is 8.38. The molecule has 2 aliphatic heterocycles. The third kappa shape index (κ3) is 3.86. The Balaban J connectivity index is 1.40. The van der Waals surface area contributed by atoms with Gasteiger partial charge in [-0.1, -0.05) is 24.3 Å². The zero-order chi connectivity index (χ0) is 21.4. The van der Waals surface area contributed by atoms with Gasteiger partial charge in [0, 0.05) is 36.1 Å². The van der Waals surface area contributed by atoms with Gasteiger partial charge in [-0.3, -0.25) is 4.79 Å². The minimum atomic E-state index is -0.482. The van der Waals surface area contributed by atoms with E-state index < -0.39 is 6.04 Å². The summed E-state index contributed by atoms with van der Waals surface area (Å²) in [6, 6.07) is 10.2. The number of aromatic nitrogens is 1. The van der Waals surface area contributed by atoms with Crippen LogP contribution in [0.4, 0.5) is 4.39 Å². The average molecular weight is 440 g/mol. The lowest BCUT2D eigenvalue weighted by Gasteiger charge is -2.32. The number of carbonyl (C=O) groups is 1. The summed E-state index contributed by atoms with van der Waals surface area (Å²) in [5, 5.41) is 4.37. The molecule has 5 rings (SSSR count). The molecule has 2 aliphatic rings. The summed E-state index contributed by atoms with van der Waals surface area (Å²) in [4.78, 5) is 20.0. The molecule has 0 unspecified atom stereocenters. The lowest BCUT2D eigenvalue weighted by Crippen LogP contribution is -2.48. The summed E-state index contributed by atoms with van der Waals surface area (Å²) in [5.74, 6) is -0.0252. The molecule has 2 saturated heterocycles. The number of hydrogen-bond acceptors (Lipinski definition) is 5. The van der Waals surface area contributed by atoms with Crippen LogP contribution in [0.2, 0.25) is 0 Å². The van der Waals surface area contributed by atoms with Gasteiger partial charge in [0.1, 0.15) is 10.8 Å². The standard InChI is InChI=1S/C24H26FN3O2S/c25-19-8-7-18(16-4-1-2-5-17(16)19)20-14-31-23(27-20)21-6-3-11-28(21)24(29)22(26)15-9-12-30-13-10-15/h1-2,4-5,7-8,14-15,21-22H,3,6,9-13,26H2/t21-,22-/m0/s1. The van der Waals surface area contributed by atoms with Crippen LogP contribution < -0.4 is 5.73 Å². The van der Waals surface area contributed by atoms with Crippen molar-refractivity contribution in [2.24, 2.45) is 11.7 Å². The predicted molar refractivity (Wildman–Crippen MR) is 120 cm³/mol. The van der Waals surface area contributed by atoms with Gasteiger partial charge < -0.3 is 15.4 Å². The lowest BCUT2D eigenvalue weighted by atomic mass is 9.91. The molecule has 2 atom stereocenters. The van der Waals surface area contributed by atoms with Crippen molar-refractivity contribution in [3.8, 4) is 11.3 Å². The zero-order valence-corrected chi connectivity index (χ0v) is 18.1. The fourth-order valence-corrected chi connectivity index (χ4v) is 5.77. The first-order valence-electron chi connectivity index (χ1n) is 10.9. The Hall–Kier alpha value is -2.35. The molecule has 0 saturated carbocycles. The fraction of sp³-hybridized carbons (Fsp3) is 0.417. The Morgan fingerprint density at radius 1 is 1.16 bits per heavy atom. The highest BCUT2D eigenvalue weighted by Gasteiger charge is 2.37. The number of nitrogens with two attached hydrogens (primary N) is 1. The predicted octanol–water partition coefficient (Wildman–Crippen LogP) is 4.52. The number of halogens is 1. The van der Waals surface area contributed by atoms with Crippen LogP contribution in [0.15, 0.2) is 41.8 Å². The molecule has 0 aliphatic carbocycles. The third-order valence-electron chi connectivity index (χ3n) is 6.55. The second kappa shape index (κ2) is 8.65. The Morgan fingerprint density at radius 2 is 1.94 bits per heavy atom. The number of benzene rings is 2. The minimum absolute atomic E-state index is 0.0263. The van der Waals surface area contributed by atoms with E-state index in [2.05, 4.69) is 0 Å². The highest BCUT2D eigenvalue weighted by molar-refractivity contribution is 7.10. The van der Waals surface area contributed by atoms with Gasteiger partial charge in [0.15, 0.2) is 0 Å². The number of likely N-dealkylation sites (tertiary alicyclic amines) is 1. The van der Waals surface area contributed by atoms with Gasteiger partial charge in [0.2, 0.25) is 5.91 Å². The summed E-state index contributed by atoms with van der Waals surface area (Å²) >= 11 is 1.56. The summed E-state index contributed by atoms with van der Waals surface area (Å²) in [7, 11) is 0. The van der Waals surface area contributed by atoms with Crippen molar-refractivity contribution in [1.29, 1.82) is 0 Å². The maximum atomic E-state index is 14.2. The molecular formula is C24H26FN3O2S. The largest absolute Gasteiger partial charge is 0.381 e. The van der Waals surface area contributed by atoms with Crippen LogP contribution in [0.25, 0.3) is 22.0 Å². The smallest absolute Gasteiger partial charge is 0.240 e. The van der Waals surface area contributed by atoms with Crippen molar-refractivity contribution >= 4 is 28.0 Å². The van der Waals surface area contributed by atoms with E-state index in [1.54, 1.807) is 23.5 Å². The topological polar surface area (TPSA) is 68.5 Å². The molecule has 1 aromatic heterocycles. The van der Waals surface area contributed by atoms with Gasteiger partial charge >= 0.3 is 0 Å². The molecule has 3 aromatic rings. The van der Waals surface area contributed by atoms with Crippen molar-refractivity contribution in [3.63, 3.8) is 0 Å². The number of thiazole rings is 1. The molecule has 1 amide bonds. The van der Waals surface area contributed by atoms with Gasteiger partial charge in [0.05, 0.1) is 17.8 Å². The first kappa shape index (κ1) is 20.5.